The number of hydrogen-bond donors (Lipinski definition) is 2. The third-order valence-corrected chi connectivity index (χ3v) is 4.07. The minimum absolute atomic E-state index is 0. The molecule has 26 heavy (non-hydrogen) atoms. The predicted octanol–water partition coefficient (Wildman–Crippen LogP) is 1.90. The lowest BCUT2D eigenvalue weighted by molar-refractivity contribution is 0.102. The Hall–Kier alpha value is -2.16. The Kier molecular flexibility index (Phi) is 7.83. The summed E-state index contributed by atoms with van der Waals surface area (Å²) < 4.78 is 12.3. The molecule has 2 N–H and O–H groups in total. The van der Waals surface area contributed by atoms with Gasteiger partial charge in [0.15, 0.2) is 5.69 Å². The minimum atomic E-state index is -0.283. The second-order valence-electron chi connectivity index (χ2n) is 5.89. The fourth-order valence-corrected chi connectivity index (χ4v) is 2.73. The van der Waals surface area contributed by atoms with E-state index in [4.69, 9.17) is 9.47 Å². The van der Waals surface area contributed by atoms with E-state index in [9.17, 15) is 4.79 Å². The average Bonchev–Trinajstić information content (AvgIpc) is 3.13. The van der Waals surface area contributed by atoms with Gasteiger partial charge in [-0.2, -0.15) is 0 Å². The predicted molar refractivity (Wildman–Crippen MR) is 100 cm³/mol. The molecule has 1 aromatic heterocycles. The van der Waals surface area contributed by atoms with Crippen LogP contribution in [0, 0.1) is 0 Å². The fourth-order valence-electron chi connectivity index (χ4n) is 2.73. The zero-order chi connectivity index (χ0) is 17.5. The molecule has 1 aliphatic rings. The van der Waals surface area contributed by atoms with E-state index < -0.39 is 0 Å². The standard InChI is InChI=1S/C17H23N5O3.ClH/c1-24-9-10-25-15-4-2-3-13(11-15)19-17(23)16-12-22(21-20-16)14-5-7-18-8-6-14;/h2-4,11-12,14,18H,5-10H2,1H3,(H,19,23);1H. The summed E-state index contributed by atoms with van der Waals surface area (Å²) >= 11 is 0. The van der Waals surface area contributed by atoms with Crippen molar-refractivity contribution in [2.24, 2.45) is 0 Å². The number of piperidine rings is 1. The Labute approximate surface area is 158 Å². The molecule has 0 radical (unpaired) electrons. The van der Waals surface area contributed by atoms with Gasteiger partial charge in [-0.25, -0.2) is 4.68 Å². The van der Waals surface area contributed by atoms with Crippen molar-refractivity contribution in [3.63, 3.8) is 0 Å². The zero-order valence-electron chi connectivity index (χ0n) is 14.7. The molecule has 0 aliphatic carbocycles. The van der Waals surface area contributed by atoms with Gasteiger partial charge in [0.05, 0.1) is 18.8 Å². The first kappa shape index (κ1) is 20.2. The van der Waals surface area contributed by atoms with Gasteiger partial charge < -0.3 is 20.1 Å². The van der Waals surface area contributed by atoms with Gasteiger partial charge in [0.1, 0.15) is 12.4 Å². The van der Waals surface area contributed by atoms with Crippen LogP contribution in [0.4, 0.5) is 5.69 Å². The van der Waals surface area contributed by atoms with Crippen LogP contribution < -0.4 is 15.4 Å². The largest absolute Gasteiger partial charge is 0.491 e. The van der Waals surface area contributed by atoms with Gasteiger partial charge >= 0.3 is 0 Å². The Bertz CT molecular complexity index is 703. The van der Waals surface area contributed by atoms with Crippen LogP contribution in [-0.2, 0) is 4.74 Å². The van der Waals surface area contributed by atoms with E-state index in [1.54, 1.807) is 30.1 Å². The number of halogens is 1. The maximum absolute atomic E-state index is 12.4. The van der Waals surface area contributed by atoms with E-state index >= 15 is 0 Å². The van der Waals surface area contributed by atoms with Crippen molar-refractivity contribution in [2.75, 3.05) is 38.7 Å². The maximum Gasteiger partial charge on any atom is 0.277 e. The quantitative estimate of drug-likeness (QED) is 0.712. The number of benzene rings is 1. The van der Waals surface area contributed by atoms with Gasteiger partial charge in [-0.1, -0.05) is 11.3 Å². The van der Waals surface area contributed by atoms with E-state index in [1.807, 2.05) is 12.1 Å². The van der Waals surface area contributed by atoms with E-state index in [1.165, 1.54) is 0 Å². The molecule has 0 spiro atoms. The lowest BCUT2D eigenvalue weighted by atomic mass is 10.1. The van der Waals surface area contributed by atoms with Crippen LogP contribution in [0.2, 0.25) is 0 Å². The first-order valence-electron chi connectivity index (χ1n) is 8.42. The first-order chi connectivity index (χ1) is 12.3. The number of methoxy groups -OCH3 is 1. The van der Waals surface area contributed by atoms with Crippen molar-refractivity contribution in [1.29, 1.82) is 0 Å². The van der Waals surface area contributed by atoms with E-state index in [2.05, 4.69) is 20.9 Å². The first-order valence-corrected chi connectivity index (χ1v) is 8.42. The van der Waals surface area contributed by atoms with Crippen molar-refractivity contribution in [1.82, 2.24) is 20.3 Å². The van der Waals surface area contributed by atoms with Crippen molar-refractivity contribution >= 4 is 24.0 Å². The van der Waals surface area contributed by atoms with Gasteiger partial charge in [-0.15, -0.1) is 17.5 Å². The summed E-state index contributed by atoms with van der Waals surface area (Å²) in [6.07, 6.45) is 3.70. The van der Waals surface area contributed by atoms with Crippen molar-refractivity contribution in [2.45, 2.75) is 18.9 Å². The number of anilines is 1. The highest BCUT2D eigenvalue weighted by molar-refractivity contribution is 6.02. The minimum Gasteiger partial charge on any atom is -0.491 e. The molecule has 1 amide bonds. The lowest BCUT2D eigenvalue weighted by Gasteiger charge is -2.22. The number of ether oxygens (including phenoxy) is 2. The van der Waals surface area contributed by atoms with Crippen molar-refractivity contribution in [3.05, 3.63) is 36.2 Å². The molecule has 1 fully saturated rings. The SMILES string of the molecule is COCCOc1cccc(NC(=O)c2cn(C3CCNCC3)nn2)c1.Cl. The van der Waals surface area contributed by atoms with E-state index in [0.717, 1.165) is 25.9 Å². The van der Waals surface area contributed by atoms with Gasteiger partial charge in [0.25, 0.3) is 5.91 Å². The van der Waals surface area contributed by atoms with Gasteiger partial charge in [0, 0.05) is 18.9 Å². The highest BCUT2D eigenvalue weighted by atomic mass is 35.5. The Balaban J connectivity index is 0.00000243. The molecule has 1 saturated heterocycles. The molecule has 2 heterocycles. The summed E-state index contributed by atoms with van der Waals surface area (Å²) in [6, 6.07) is 7.53. The van der Waals surface area contributed by atoms with E-state index in [-0.39, 0.29) is 18.3 Å². The van der Waals surface area contributed by atoms with Crippen LogP contribution in [0.15, 0.2) is 30.5 Å². The molecule has 2 aromatic rings. The zero-order valence-corrected chi connectivity index (χ0v) is 15.5. The van der Waals surface area contributed by atoms with E-state index in [0.29, 0.717) is 36.4 Å². The second-order valence-corrected chi connectivity index (χ2v) is 5.89. The molecule has 0 atom stereocenters. The molecule has 0 bridgehead atoms. The topological polar surface area (TPSA) is 90.3 Å². The molecule has 3 rings (SSSR count). The number of nitrogens with zero attached hydrogens (tertiary/aromatic N) is 3. The number of hydrogen-bond acceptors (Lipinski definition) is 6. The fraction of sp³-hybridized carbons (Fsp3) is 0.471. The number of rotatable bonds is 7. The highest BCUT2D eigenvalue weighted by Crippen LogP contribution is 2.19. The van der Waals surface area contributed by atoms with Crippen LogP contribution in [0.1, 0.15) is 29.4 Å². The number of amides is 1. The second kappa shape index (κ2) is 10.1. The normalized spacial score (nSPS) is 14.5. The summed E-state index contributed by atoms with van der Waals surface area (Å²) in [6.45, 7) is 2.89. The Morgan fingerprint density at radius 1 is 1.35 bits per heavy atom. The molecule has 1 aliphatic heterocycles. The summed E-state index contributed by atoms with van der Waals surface area (Å²) in [5.41, 5.74) is 0.959. The molecular weight excluding hydrogens is 358 g/mol. The highest BCUT2D eigenvalue weighted by Gasteiger charge is 2.18. The van der Waals surface area contributed by atoms with Gasteiger partial charge in [-0.05, 0) is 38.1 Å². The van der Waals surface area contributed by atoms with Crippen LogP contribution in [0.3, 0.4) is 0 Å². The van der Waals surface area contributed by atoms with Crippen molar-refractivity contribution < 1.29 is 14.3 Å². The number of carbonyl (C=O) groups is 1. The van der Waals surface area contributed by atoms with Crippen LogP contribution >= 0.6 is 12.4 Å². The molecule has 8 nitrogen and oxygen atoms in total. The number of carbonyl (C=O) groups excluding carboxylic acids is 1. The van der Waals surface area contributed by atoms with Gasteiger partial charge in [0.2, 0.25) is 0 Å². The summed E-state index contributed by atoms with van der Waals surface area (Å²) in [7, 11) is 1.62. The number of nitrogens with one attached hydrogen (secondary N) is 2. The average molecular weight is 382 g/mol. The molecule has 142 valence electrons. The molecule has 1 aromatic carbocycles. The third kappa shape index (κ3) is 5.42. The maximum atomic E-state index is 12.4. The van der Waals surface area contributed by atoms with Crippen LogP contribution in [0.5, 0.6) is 5.75 Å². The molecular formula is C17H24ClN5O3. The molecule has 9 heteroatoms. The van der Waals surface area contributed by atoms with Crippen molar-refractivity contribution in [3.8, 4) is 5.75 Å². The lowest BCUT2D eigenvalue weighted by Crippen LogP contribution is -2.29. The number of aromatic nitrogens is 3. The van der Waals surface area contributed by atoms with Crippen LogP contribution in [-0.4, -0.2) is 54.3 Å². The molecule has 0 saturated carbocycles. The van der Waals surface area contributed by atoms with Crippen LogP contribution in [0.25, 0.3) is 0 Å². The van der Waals surface area contributed by atoms with Gasteiger partial charge in [-0.3, -0.25) is 4.79 Å². The Morgan fingerprint density at radius 2 is 2.15 bits per heavy atom. The summed E-state index contributed by atoms with van der Waals surface area (Å²) in [5, 5.41) is 14.2. The smallest absolute Gasteiger partial charge is 0.277 e. The molecule has 0 unspecified atom stereocenters. The summed E-state index contributed by atoms with van der Waals surface area (Å²) in [4.78, 5) is 12.4. The Morgan fingerprint density at radius 3 is 2.92 bits per heavy atom. The summed E-state index contributed by atoms with van der Waals surface area (Å²) in [5.74, 6) is 0.391. The third-order valence-electron chi connectivity index (χ3n) is 4.07. The monoisotopic (exact) mass is 381 g/mol.